The predicted molar refractivity (Wildman–Crippen MR) is 84.6 cm³/mol. The third-order valence-electron chi connectivity index (χ3n) is 3.04. The number of amides is 1. The van der Waals surface area contributed by atoms with E-state index in [0.717, 1.165) is 28.0 Å². The Morgan fingerprint density at radius 1 is 1.14 bits per heavy atom. The molecule has 5 nitrogen and oxygen atoms in total. The summed E-state index contributed by atoms with van der Waals surface area (Å²) in [6, 6.07) is 13.8. The van der Waals surface area contributed by atoms with Crippen LogP contribution in [0.3, 0.4) is 0 Å². The molecule has 2 N–H and O–H groups in total. The maximum atomic E-state index is 11.0. The molecule has 0 aliphatic heterocycles. The Balaban J connectivity index is 1.70. The van der Waals surface area contributed by atoms with Crippen LogP contribution in [-0.4, -0.2) is 28.8 Å². The Morgan fingerprint density at radius 3 is 2.71 bits per heavy atom. The van der Waals surface area contributed by atoms with Gasteiger partial charge in [0, 0.05) is 0 Å². The predicted octanol–water partition coefficient (Wildman–Crippen LogP) is 2.26. The second-order valence-electron chi connectivity index (χ2n) is 4.67. The van der Waals surface area contributed by atoms with Crippen LogP contribution in [-0.2, 0) is 11.3 Å². The number of nitrogens with zero attached hydrogens (tertiary/aromatic N) is 2. The molecule has 0 aliphatic carbocycles. The molecule has 0 saturated carbocycles. The van der Waals surface area contributed by atoms with E-state index in [9.17, 15) is 4.79 Å². The van der Waals surface area contributed by atoms with E-state index in [1.54, 1.807) is 0 Å². The first-order valence-electron chi connectivity index (χ1n) is 6.54. The van der Waals surface area contributed by atoms with Gasteiger partial charge in [0.25, 0.3) is 0 Å². The van der Waals surface area contributed by atoms with Crippen molar-refractivity contribution in [1.29, 1.82) is 0 Å². The molecule has 0 spiro atoms. The SMILES string of the molecule is CC(=O)Nc1ccc(CNc2cccc3n[se]nc23)cc1. The second-order valence-corrected chi connectivity index (χ2v) is 5.78. The third-order valence-corrected chi connectivity index (χ3v) is 4.18. The zero-order valence-corrected chi connectivity index (χ0v) is 13.2. The normalized spacial score (nSPS) is 10.5. The average Bonchev–Trinajstić information content (AvgIpc) is 2.95. The van der Waals surface area contributed by atoms with Crippen LogP contribution in [0.25, 0.3) is 11.0 Å². The van der Waals surface area contributed by atoms with Crippen LogP contribution in [0.2, 0.25) is 0 Å². The van der Waals surface area contributed by atoms with E-state index in [1.807, 2.05) is 42.5 Å². The van der Waals surface area contributed by atoms with Crippen molar-refractivity contribution in [3.05, 3.63) is 48.0 Å². The first-order valence-corrected chi connectivity index (χ1v) is 8.07. The van der Waals surface area contributed by atoms with Crippen LogP contribution >= 0.6 is 0 Å². The van der Waals surface area contributed by atoms with Crippen LogP contribution in [0.5, 0.6) is 0 Å². The van der Waals surface area contributed by atoms with E-state index < -0.39 is 0 Å². The van der Waals surface area contributed by atoms with Crippen molar-refractivity contribution in [3.8, 4) is 0 Å². The number of hydrogen-bond acceptors (Lipinski definition) is 4. The number of aromatic nitrogens is 2. The van der Waals surface area contributed by atoms with Gasteiger partial charge in [-0.2, -0.15) is 0 Å². The van der Waals surface area contributed by atoms with Gasteiger partial charge in [-0.25, -0.2) is 0 Å². The summed E-state index contributed by atoms with van der Waals surface area (Å²) in [6.07, 6.45) is 0. The minimum atomic E-state index is -0.0621. The van der Waals surface area contributed by atoms with Gasteiger partial charge in [-0.3, -0.25) is 0 Å². The van der Waals surface area contributed by atoms with Gasteiger partial charge in [-0.1, -0.05) is 0 Å². The van der Waals surface area contributed by atoms with Crippen molar-refractivity contribution in [2.75, 3.05) is 10.6 Å². The fraction of sp³-hybridized carbons (Fsp3) is 0.133. The van der Waals surface area contributed by atoms with E-state index in [-0.39, 0.29) is 20.9 Å². The van der Waals surface area contributed by atoms with Crippen molar-refractivity contribution < 1.29 is 4.79 Å². The topological polar surface area (TPSA) is 66.9 Å². The monoisotopic (exact) mass is 346 g/mol. The molecule has 1 heterocycles. The van der Waals surface area contributed by atoms with Crippen LogP contribution in [0.1, 0.15) is 12.5 Å². The average molecular weight is 345 g/mol. The molecule has 1 amide bonds. The van der Waals surface area contributed by atoms with Crippen molar-refractivity contribution in [2.24, 2.45) is 0 Å². The molecule has 0 fully saturated rings. The molecule has 0 aliphatic rings. The summed E-state index contributed by atoms with van der Waals surface area (Å²) in [5.74, 6) is -0.0621. The van der Waals surface area contributed by atoms with Gasteiger partial charge in [-0.15, -0.1) is 0 Å². The Kier molecular flexibility index (Phi) is 3.99. The van der Waals surface area contributed by atoms with Crippen LogP contribution in [0.4, 0.5) is 11.4 Å². The molecule has 2 aromatic carbocycles. The van der Waals surface area contributed by atoms with Gasteiger partial charge in [0.15, 0.2) is 0 Å². The van der Waals surface area contributed by atoms with Crippen LogP contribution in [0, 0.1) is 0 Å². The molecule has 21 heavy (non-hydrogen) atoms. The fourth-order valence-electron chi connectivity index (χ4n) is 2.06. The molecule has 6 heteroatoms. The number of carbonyl (C=O) groups excluding carboxylic acids is 1. The van der Waals surface area contributed by atoms with E-state index in [2.05, 4.69) is 18.6 Å². The molecule has 0 saturated heterocycles. The molecule has 3 aromatic rings. The standard InChI is InChI=1S/C15H14N4OSe/c1-10(20)17-12-7-5-11(6-8-12)9-16-13-3-2-4-14-15(13)19-21-18-14/h2-8,16H,9H2,1H3,(H,17,20). The number of nitrogens with one attached hydrogen (secondary N) is 2. The molecule has 3 rings (SSSR count). The number of rotatable bonds is 4. The summed E-state index contributed by atoms with van der Waals surface area (Å²) in [7, 11) is 0. The van der Waals surface area contributed by atoms with Gasteiger partial charge >= 0.3 is 128 Å². The van der Waals surface area contributed by atoms with Gasteiger partial charge in [-0.05, 0) is 0 Å². The molecule has 1 aromatic heterocycles. The summed E-state index contributed by atoms with van der Waals surface area (Å²) in [4.78, 5) is 11.0. The van der Waals surface area contributed by atoms with E-state index >= 15 is 0 Å². The van der Waals surface area contributed by atoms with Crippen molar-refractivity contribution in [2.45, 2.75) is 13.5 Å². The van der Waals surface area contributed by atoms with E-state index in [4.69, 9.17) is 0 Å². The molecule has 0 unspecified atom stereocenters. The molecule has 0 atom stereocenters. The van der Waals surface area contributed by atoms with Crippen molar-refractivity contribution in [1.82, 2.24) is 7.96 Å². The summed E-state index contributed by atoms with van der Waals surface area (Å²) >= 11 is -0.0138. The molecular formula is C15H14N4OSe. The van der Waals surface area contributed by atoms with E-state index in [0.29, 0.717) is 6.54 Å². The third kappa shape index (κ3) is 3.29. The van der Waals surface area contributed by atoms with Crippen LogP contribution < -0.4 is 10.6 Å². The minimum absolute atomic E-state index is 0.0138. The maximum absolute atomic E-state index is 11.0. The number of anilines is 2. The van der Waals surface area contributed by atoms with Crippen molar-refractivity contribution in [3.63, 3.8) is 0 Å². The number of fused-ring (bicyclic) bond motifs is 1. The summed E-state index contributed by atoms with van der Waals surface area (Å²) in [6.45, 7) is 2.21. The van der Waals surface area contributed by atoms with E-state index in [1.165, 1.54) is 6.92 Å². The summed E-state index contributed by atoms with van der Waals surface area (Å²) in [5.41, 5.74) is 4.90. The summed E-state index contributed by atoms with van der Waals surface area (Å²) in [5, 5.41) is 6.15. The Labute approximate surface area is 128 Å². The Bertz CT molecular complexity index is 767. The molecular weight excluding hydrogens is 331 g/mol. The zero-order chi connectivity index (χ0) is 14.7. The fourth-order valence-corrected chi connectivity index (χ4v) is 3.21. The Morgan fingerprint density at radius 2 is 1.95 bits per heavy atom. The first-order chi connectivity index (χ1) is 10.2. The summed E-state index contributed by atoms with van der Waals surface area (Å²) < 4.78 is 8.81. The zero-order valence-electron chi connectivity index (χ0n) is 11.5. The number of hydrogen-bond donors (Lipinski definition) is 2. The van der Waals surface area contributed by atoms with Gasteiger partial charge in [0.2, 0.25) is 0 Å². The molecule has 106 valence electrons. The second kappa shape index (κ2) is 6.08. The molecule has 0 radical (unpaired) electrons. The first kappa shape index (κ1) is 13.8. The van der Waals surface area contributed by atoms with Crippen LogP contribution in [0.15, 0.2) is 42.5 Å². The Hall–Kier alpha value is -2.17. The van der Waals surface area contributed by atoms with Gasteiger partial charge in [0.1, 0.15) is 0 Å². The number of benzene rings is 2. The number of carbonyl (C=O) groups is 1. The van der Waals surface area contributed by atoms with Crippen molar-refractivity contribution >= 4 is 43.3 Å². The molecule has 0 bridgehead atoms. The van der Waals surface area contributed by atoms with Gasteiger partial charge in [0.05, 0.1) is 0 Å². The van der Waals surface area contributed by atoms with Gasteiger partial charge < -0.3 is 0 Å². The quantitative estimate of drug-likeness (QED) is 0.712.